The van der Waals surface area contributed by atoms with Gasteiger partial charge in [0.15, 0.2) is 0 Å². The molecule has 0 aromatic heterocycles. The van der Waals surface area contributed by atoms with Gasteiger partial charge in [-0.05, 0) is 36.5 Å². The number of hydrogen-bond donors (Lipinski definition) is 0. The van der Waals surface area contributed by atoms with Gasteiger partial charge in [-0.15, -0.1) is 0 Å². The van der Waals surface area contributed by atoms with Gasteiger partial charge in [-0.25, -0.2) is 0 Å². The minimum Gasteiger partial charge on any atom is -0.381 e. The maximum Gasteiger partial charge on any atom is 0.120 e. The highest BCUT2D eigenvalue weighted by atomic mass is 16.5. The molecule has 0 radical (unpaired) electrons. The van der Waals surface area contributed by atoms with E-state index in [1.54, 1.807) is 0 Å². The van der Waals surface area contributed by atoms with Gasteiger partial charge in [0.25, 0.3) is 0 Å². The molecule has 4 atom stereocenters. The fraction of sp³-hybridized carbons (Fsp3) is 0.944. The van der Waals surface area contributed by atoms with Crippen LogP contribution in [0.4, 0.5) is 0 Å². The van der Waals surface area contributed by atoms with Crippen LogP contribution in [0.5, 0.6) is 0 Å². The number of aldehydes is 1. The smallest absolute Gasteiger partial charge is 0.120 e. The largest absolute Gasteiger partial charge is 0.381 e. The van der Waals surface area contributed by atoms with Crippen LogP contribution in [-0.4, -0.2) is 19.5 Å². The molecule has 0 aliphatic heterocycles. The predicted octanol–water partition coefficient (Wildman–Crippen LogP) is 5.11. The van der Waals surface area contributed by atoms with Gasteiger partial charge in [-0.2, -0.15) is 0 Å². The minimum absolute atomic E-state index is 0.289. The van der Waals surface area contributed by atoms with Crippen molar-refractivity contribution < 1.29 is 9.53 Å². The summed E-state index contributed by atoms with van der Waals surface area (Å²) in [6, 6.07) is 0. The summed E-state index contributed by atoms with van der Waals surface area (Å²) in [5, 5.41) is 0. The van der Waals surface area contributed by atoms with Crippen LogP contribution >= 0.6 is 0 Å². The Hall–Kier alpha value is -0.370. The highest BCUT2D eigenvalue weighted by molar-refractivity contribution is 5.49. The minimum atomic E-state index is 0.289. The lowest BCUT2D eigenvalue weighted by Crippen LogP contribution is -2.35. The summed E-state index contributed by atoms with van der Waals surface area (Å²) in [4.78, 5) is 11.0. The number of carbonyl (C=O) groups excluding carboxylic acids is 1. The molecule has 0 rings (SSSR count). The summed E-state index contributed by atoms with van der Waals surface area (Å²) in [6.07, 6.45) is 7.92. The van der Waals surface area contributed by atoms with Crippen LogP contribution in [0.15, 0.2) is 0 Å². The molecule has 0 N–H and O–H groups in total. The Balaban J connectivity index is 4.86. The lowest BCUT2D eigenvalue weighted by Gasteiger charge is -2.35. The zero-order chi connectivity index (χ0) is 15.5. The van der Waals surface area contributed by atoms with Crippen molar-refractivity contribution in [2.75, 3.05) is 7.11 Å². The van der Waals surface area contributed by atoms with Crippen molar-refractivity contribution >= 4 is 6.29 Å². The van der Waals surface area contributed by atoms with Gasteiger partial charge in [0, 0.05) is 13.5 Å². The van der Waals surface area contributed by atoms with Crippen LogP contribution in [0.3, 0.4) is 0 Å². The molecule has 20 heavy (non-hydrogen) atoms. The molecule has 0 aliphatic rings. The third-order valence-corrected chi connectivity index (χ3v) is 4.59. The van der Waals surface area contributed by atoms with Crippen LogP contribution in [0.25, 0.3) is 0 Å². The third kappa shape index (κ3) is 6.88. The van der Waals surface area contributed by atoms with E-state index in [2.05, 4.69) is 34.6 Å². The van der Waals surface area contributed by atoms with Gasteiger partial charge < -0.3 is 9.53 Å². The number of hydrogen-bond acceptors (Lipinski definition) is 2. The molecule has 3 unspecified atom stereocenters. The molecule has 0 saturated carbocycles. The van der Waals surface area contributed by atoms with E-state index in [1.807, 2.05) is 7.11 Å². The summed E-state index contributed by atoms with van der Waals surface area (Å²) >= 11 is 0. The molecule has 2 heteroatoms. The average molecular weight is 284 g/mol. The molecular weight excluding hydrogens is 248 g/mol. The van der Waals surface area contributed by atoms with Gasteiger partial charge in [0.2, 0.25) is 0 Å². The van der Waals surface area contributed by atoms with Crippen molar-refractivity contribution in [3.8, 4) is 0 Å². The Labute approximate surface area is 126 Å². The molecule has 0 aromatic carbocycles. The molecule has 0 amide bonds. The van der Waals surface area contributed by atoms with E-state index >= 15 is 0 Å². The van der Waals surface area contributed by atoms with E-state index in [4.69, 9.17) is 4.74 Å². The second-order valence-electron chi connectivity index (χ2n) is 6.67. The van der Waals surface area contributed by atoms with Gasteiger partial charge >= 0.3 is 0 Å². The van der Waals surface area contributed by atoms with E-state index in [0.29, 0.717) is 30.1 Å². The zero-order valence-corrected chi connectivity index (χ0v) is 14.5. The third-order valence-electron chi connectivity index (χ3n) is 4.59. The van der Waals surface area contributed by atoms with E-state index in [-0.39, 0.29) is 6.10 Å². The van der Waals surface area contributed by atoms with Crippen LogP contribution in [0.1, 0.15) is 73.1 Å². The fourth-order valence-electron chi connectivity index (χ4n) is 3.46. The Morgan fingerprint density at radius 1 is 1.05 bits per heavy atom. The molecular formula is C18H36O2. The zero-order valence-electron chi connectivity index (χ0n) is 14.5. The summed E-state index contributed by atoms with van der Waals surface area (Å²) in [5.41, 5.74) is 0. The maximum absolute atomic E-state index is 11.0. The second kappa shape index (κ2) is 11.3. The first-order valence-electron chi connectivity index (χ1n) is 8.48. The van der Waals surface area contributed by atoms with Crippen LogP contribution in [0.2, 0.25) is 0 Å². The Morgan fingerprint density at radius 2 is 1.70 bits per heavy atom. The number of methoxy groups -OCH3 is 1. The highest BCUT2D eigenvalue weighted by Gasteiger charge is 2.31. The molecule has 0 aromatic rings. The molecule has 0 heterocycles. The number of rotatable bonds is 12. The van der Waals surface area contributed by atoms with Gasteiger partial charge in [-0.1, -0.05) is 53.9 Å². The average Bonchev–Trinajstić information content (AvgIpc) is 2.41. The van der Waals surface area contributed by atoms with Crippen molar-refractivity contribution in [2.24, 2.45) is 23.7 Å². The molecule has 0 bridgehead atoms. The molecule has 2 nitrogen and oxygen atoms in total. The van der Waals surface area contributed by atoms with Crippen LogP contribution in [0, 0.1) is 23.7 Å². The van der Waals surface area contributed by atoms with E-state index in [9.17, 15) is 4.79 Å². The lowest BCUT2D eigenvalue weighted by molar-refractivity contribution is -0.110. The van der Waals surface area contributed by atoms with Gasteiger partial charge in [-0.3, -0.25) is 0 Å². The Morgan fingerprint density at radius 3 is 2.10 bits per heavy atom. The van der Waals surface area contributed by atoms with Crippen LogP contribution < -0.4 is 0 Å². The molecule has 0 fully saturated rings. The summed E-state index contributed by atoms with van der Waals surface area (Å²) in [7, 11) is 1.83. The first-order chi connectivity index (χ1) is 9.51. The monoisotopic (exact) mass is 284 g/mol. The van der Waals surface area contributed by atoms with E-state index in [0.717, 1.165) is 19.1 Å². The fourth-order valence-corrected chi connectivity index (χ4v) is 3.46. The first-order valence-corrected chi connectivity index (χ1v) is 8.48. The second-order valence-corrected chi connectivity index (χ2v) is 6.67. The lowest BCUT2D eigenvalue weighted by atomic mass is 9.75. The SMILES string of the molecule is CCCC(C)C(OC)[C@@H](CC)C(CC=O)CCC(C)C. The Kier molecular flexibility index (Phi) is 11.1. The van der Waals surface area contributed by atoms with Crippen molar-refractivity contribution in [3.63, 3.8) is 0 Å². The van der Waals surface area contributed by atoms with Crippen molar-refractivity contribution in [3.05, 3.63) is 0 Å². The van der Waals surface area contributed by atoms with E-state index < -0.39 is 0 Å². The normalized spacial score (nSPS) is 17.8. The molecule has 0 saturated heterocycles. The number of ether oxygens (including phenoxy) is 1. The summed E-state index contributed by atoms with van der Waals surface area (Å²) < 4.78 is 5.84. The van der Waals surface area contributed by atoms with Crippen molar-refractivity contribution in [2.45, 2.75) is 79.2 Å². The predicted molar refractivity (Wildman–Crippen MR) is 86.9 cm³/mol. The van der Waals surface area contributed by atoms with Crippen LogP contribution in [-0.2, 0) is 9.53 Å². The molecule has 120 valence electrons. The highest BCUT2D eigenvalue weighted by Crippen LogP contribution is 2.33. The first kappa shape index (κ1) is 19.6. The summed E-state index contributed by atoms with van der Waals surface area (Å²) in [5.74, 6) is 2.26. The van der Waals surface area contributed by atoms with E-state index in [1.165, 1.54) is 19.3 Å². The molecule has 0 aliphatic carbocycles. The standard InChI is InChI=1S/C18H36O2/c1-7-9-15(5)18(20-6)17(8-2)16(12-13-19)11-10-14(3)4/h13-18H,7-12H2,1-6H3/t15?,16?,17-,18?/m0/s1. The molecule has 0 spiro atoms. The quantitative estimate of drug-likeness (QED) is 0.466. The van der Waals surface area contributed by atoms with Gasteiger partial charge in [0.05, 0.1) is 6.10 Å². The summed E-state index contributed by atoms with van der Waals surface area (Å²) in [6.45, 7) is 11.3. The van der Waals surface area contributed by atoms with Gasteiger partial charge in [0.1, 0.15) is 6.29 Å². The maximum atomic E-state index is 11.0. The topological polar surface area (TPSA) is 26.3 Å². The van der Waals surface area contributed by atoms with Crippen molar-refractivity contribution in [1.82, 2.24) is 0 Å². The Bertz CT molecular complexity index is 238. The van der Waals surface area contributed by atoms with Crippen molar-refractivity contribution in [1.29, 1.82) is 0 Å². The number of carbonyl (C=O) groups is 1.